The van der Waals surface area contributed by atoms with Crippen LogP contribution in [0.3, 0.4) is 0 Å². The Morgan fingerprint density at radius 1 is 1.45 bits per heavy atom. The lowest BCUT2D eigenvalue weighted by Gasteiger charge is -2.31. The summed E-state index contributed by atoms with van der Waals surface area (Å²) in [6.07, 6.45) is 2.37. The van der Waals surface area contributed by atoms with Gasteiger partial charge in [-0.1, -0.05) is 6.07 Å². The summed E-state index contributed by atoms with van der Waals surface area (Å²) in [6, 6.07) is 6.51. The quantitative estimate of drug-likeness (QED) is 0.910. The lowest BCUT2D eigenvalue weighted by molar-refractivity contribution is -0.119. The number of carbonyl (C=O) groups excluding carboxylic acids is 1. The van der Waals surface area contributed by atoms with Crippen LogP contribution in [-0.2, 0) is 11.3 Å². The fourth-order valence-electron chi connectivity index (χ4n) is 2.65. The summed E-state index contributed by atoms with van der Waals surface area (Å²) in [6.45, 7) is 2.51. The highest BCUT2D eigenvalue weighted by Gasteiger charge is 2.20. The smallest absolute Gasteiger partial charge is 0.217 e. The van der Waals surface area contributed by atoms with Crippen molar-refractivity contribution < 1.29 is 9.18 Å². The maximum Gasteiger partial charge on any atom is 0.217 e. The molecule has 106 valence electrons. The van der Waals surface area contributed by atoms with Crippen LogP contribution in [0.15, 0.2) is 18.2 Å². The largest absolute Gasteiger partial charge is 0.370 e. The van der Waals surface area contributed by atoms with Crippen molar-refractivity contribution in [1.29, 1.82) is 5.26 Å². The highest BCUT2D eigenvalue weighted by molar-refractivity contribution is 5.73. The Hall–Kier alpha value is -1.93. The first kappa shape index (κ1) is 14.5. The molecule has 5 heteroatoms. The van der Waals surface area contributed by atoms with Gasteiger partial charge in [0.15, 0.2) is 0 Å². The summed E-state index contributed by atoms with van der Waals surface area (Å²) in [4.78, 5) is 13.1. The van der Waals surface area contributed by atoms with E-state index in [2.05, 4.69) is 4.90 Å². The number of benzene rings is 1. The van der Waals surface area contributed by atoms with Crippen LogP contribution in [0.1, 0.15) is 30.4 Å². The SMILES string of the molecule is N#Cc1cc(CN2CCC(CC(N)=O)CC2)ccc1F. The normalized spacial score (nSPS) is 16.8. The molecule has 2 N–H and O–H groups in total. The molecule has 20 heavy (non-hydrogen) atoms. The Balaban J connectivity index is 1.90. The van der Waals surface area contributed by atoms with E-state index in [9.17, 15) is 9.18 Å². The number of rotatable bonds is 4. The Labute approximate surface area is 118 Å². The number of nitrogens with two attached hydrogens (primary N) is 1. The second-order valence-electron chi connectivity index (χ2n) is 5.32. The summed E-state index contributed by atoms with van der Waals surface area (Å²) in [5.74, 6) is -0.330. The lowest BCUT2D eigenvalue weighted by Crippen LogP contribution is -2.34. The molecule has 0 spiro atoms. The first-order valence-electron chi connectivity index (χ1n) is 6.77. The third-order valence-corrected chi connectivity index (χ3v) is 3.75. The van der Waals surface area contributed by atoms with Gasteiger partial charge in [-0.2, -0.15) is 5.26 Å². The van der Waals surface area contributed by atoms with Gasteiger partial charge in [0, 0.05) is 13.0 Å². The van der Waals surface area contributed by atoms with Crippen molar-refractivity contribution in [2.45, 2.75) is 25.8 Å². The highest BCUT2D eigenvalue weighted by atomic mass is 19.1. The van der Waals surface area contributed by atoms with Crippen molar-refractivity contribution in [3.63, 3.8) is 0 Å². The summed E-state index contributed by atoms with van der Waals surface area (Å²) >= 11 is 0. The fraction of sp³-hybridized carbons (Fsp3) is 0.467. The minimum atomic E-state index is -0.476. The van der Waals surface area contributed by atoms with Crippen LogP contribution in [0.4, 0.5) is 4.39 Å². The van der Waals surface area contributed by atoms with Gasteiger partial charge in [-0.3, -0.25) is 9.69 Å². The van der Waals surface area contributed by atoms with Crippen molar-refractivity contribution in [3.05, 3.63) is 35.1 Å². The number of primary amides is 1. The molecular weight excluding hydrogens is 257 g/mol. The zero-order valence-corrected chi connectivity index (χ0v) is 11.3. The van der Waals surface area contributed by atoms with Crippen LogP contribution in [0, 0.1) is 23.1 Å². The monoisotopic (exact) mass is 275 g/mol. The van der Waals surface area contributed by atoms with E-state index >= 15 is 0 Å². The molecule has 0 bridgehead atoms. The van der Waals surface area contributed by atoms with Gasteiger partial charge < -0.3 is 5.73 Å². The molecule has 1 aliphatic rings. The van der Waals surface area contributed by atoms with E-state index in [0.717, 1.165) is 31.5 Å². The van der Waals surface area contributed by atoms with Crippen LogP contribution < -0.4 is 5.73 Å². The maximum atomic E-state index is 13.2. The molecule has 1 fully saturated rings. The van der Waals surface area contributed by atoms with E-state index < -0.39 is 5.82 Å². The first-order chi connectivity index (χ1) is 9.58. The van der Waals surface area contributed by atoms with Gasteiger partial charge in [-0.15, -0.1) is 0 Å². The predicted octanol–water partition coefficient (Wildman–Crippen LogP) is 1.78. The van der Waals surface area contributed by atoms with E-state index in [1.807, 2.05) is 6.07 Å². The van der Waals surface area contributed by atoms with Crippen LogP contribution in [0.5, 0.6) is 0 Å². The molecule has 1 saturated heterocycles. The zero-order chi connectivity index (χ0) is 14.5. The van der Waals surface area contributed by atoms with E-state index in [1.54, 1.807) is 12.1 Å². The second-order valence-corrected chi connectivity index (χ2v) is 5.32. The summed E-state index contributed by atoms with van der Waals surface area (Å²) in [7, 11) is 0. The molecule has 1 aromatic carbocycles. The third kappa shape index (κ3) is 3.78. The molecule has 2 rings (SSSR count). The molecule has 4 nitrogen and oxygen atoms in total. The van der Waals surface area contributed by atoms with Gasteiger partial charge >= 0.3 is 0 Å². The first-order valence-corrected chi connectivity index (χ1v) is 6.77. The average Bonchev–Trinajstić information content (AvgIpc) is 2.42. The molecule has 0 atom stereocenters. The molecule has 0 unspecified atom stereocenters. The van der Waals surface area contributed by atoms with Gasteiger partial charge in [0.2, 0.25) is 5.91 Å². The number of hydrogen-bond donors (Lipinski definition) is 1. The van der Waals surface area contributed by atoms with Crippen LogP contribution in [-0.4, -0.2) is 23.9 Å². The summed E-state index contributed by atoms with van der Waals surface area (Å²) < 4.78 is 13.2. The zero-order valence-electron chi connectivity index (χ0n) is 11.3. The Morgan fingerprint density at radius 3 is 2.75 bits per heavy atom. The van der Waals surface area contributed by atoms with Crippen LogP contribution >= 0.6 is 0 Å². The molecule has 0 aliphatic carbocycles. The predicted molar refractivity (Wildman–Crippen MR) is 72.9 cm³/mol. The summed E-state index contributed by atoms with van der Waals surface area (Å²) in [5.41, 5.74) is 6.24. The van der Waals surface area contributed by atoms with Gasteiger partial charge in [0.25, 0.3) is 0 Å². The number of piperidine rings is 1. The van der Waals surface area contributed by atoms with Gasteiger partial charge in [-0.25, -0.2) is 4.39 Å². The number of hydrogen-bond acceptors (Lipinski definition) is 3. The van der Waals surface area contributed by atoms with Crippen LogP contribution in [0.2, 0.25) is 0 Å². The van der Waals surface area contributed by atoms with Gasteiger partial charge in [0.05, 0.1) is 5.56 Å². The molecule has 1 aliphatic heterocycles. The average molecular weight is 275 g/mol. The molecule has 1 amide bonds. The molecule has 0 aromatic heterocycles. The molecule has 0 saturated carbocycles. The number of nitriles is 1. The fourth-order valence-corrected chi connectivity index (χ4v) is 2.65. The van der Waals surface area contributed by atoms with Crippen molar-refractivity contribution in [1.82, 2.24) is 4.90 Å². The van der Waals surface area contributed by atoms with E-state index in [4.69, 9.17) is 11.0 Å². The Kier molecular flexibility index (Phi) is 4.70. The molecule has 1 aromatic rings. The van der Waals surface area contributed by atoms with Gasteiger partial charge in [-0.05, 0) is 49.5 Å². The minimum Gasteiger partial charge on any atom is -0.370 e. The van der Waals surface area contributed by atoms with E-state index in [0.29, 0.717) is 18.9 Å². The lowest BCUT2D eigenvalue weighted by atomic mass is 9.93. The third-order valence-electron chi connectivity index (χ3n) is 3.75. The Bertz CT molecular complexity index is 530. The number of amides is 1. The van der Waals surface area contributed by atoms with Crippen molar-refractivity contribution >= 4 is 5.91 Å². The number of nitrogens with zero attached hydrogens (tertiary/aromatic N) is 2. The van der Waals surface area contributed by atoms with E-state index in [-0.39, 0.29) is 11.5 Å². The van der Waals surface area contributed by atoms with Crippen molar-refractivity contribution in [2.24, 2.45) is 11.7 Å². The number of carbonyl (C=O) groups is 1. The van der Waals surface area contributed by atoms with Crippen molar-refractivity contribution in [2.75, 3.05) is 13.1 Å². The summed E-state index contributed by atoms with van der Waals surface area (Å²) in [5, 5.41) is 8.82. The maximum absolute atomic E-state index is 13.2. The Morgan fingerprint density at radius 2 is 2.15 bits per heavy atom. The number of likely N-dealkylation sites (tertiary alicyclic amines) is 1. The van der Waals surface area contributed by atoms with E-state index in [1.165, 1.54) is 6.07 Å². The number of halogens is 1. The highest BCUT2D eigenvalue weighted by Crippen LogP contribution is 2.22. The van der Waals surface area contributed by atoms with Gasteiger partial charge in [0.1, 0.15) is 11.9 Å². The molecular formula is C15H18FN3O. The topological polar surface area (TPSA) is 70.1 Å². The minimum absolute atomic E-state index is 0.0890. The standard InChI is InChI=1S/C15H18FN3O/c16-14-2-1-12(7-13(14)9-17)10-19-5-3-11(4-6-19)8-15(18)20/h1-2,7,11H,3-6,8,10H2,(H2,18,20). The van der Waals surface area contributed by atoms with Crippen LogP contribution in [0.25, 0.3) is 0 Å². The van der Waals surface area contributed by atoms with Crippen molar-refractivity contribution in [3.8, 4) is 6.07 Å². The molecule has 1 heterocycles. The molecule has 0 radical (unpaired) electrons. The second kappa shape index (κ2) is 6.49.